The first-order valence-electron chi connectivity index (χ1n) is 7.84. The number of benzene rings is 1. The molecule has 0 unspecified atom stereocenters. The molecule has 1 aliphatic rings. The minimum absolute atomic E-state index is 0.0302. The predicted molar refractivity (Wildman–Crippen MR) is 92.8 cm³/mol. The van der Waals surface area contributed by atoms with Gasteiger partial charge in [-0.05, 0) is 19.2 Å². The molecule has 1 amide bonds. The molecular weight excluding hydrogens is 324 g/mol. The predicted octanol–water partition coefficient (Wildman–Crippen LogP) is 1.39. The van der Waals surface area contributed by atoms with Gasteiger partial charge in [0.15, 0.2) is 0 Å². The number of piperazine rings is 1. The van der Waals surface area contributed by atoms with Crippen LogP contribution in [0.3, 0.4) is 0 Å². The Morgan fingerprint density at radius 3 is 2.48 bits per heavy atom. The van der Waals surface area contributed by atoms with Gasteiger partial charge in [-0.3, -0.25) is 14.9 Å². The SMILES string of the molecule is CN1CCN(c2cc(C(=O)Nc3ccc([N+](=O)[O-])cc3)ncn2)CC1. The number of likely N-dealkylation sites (N-methyl/N-ethyl adjacent to an activating group) is 1. The van der Waals surface area contributed by atoms with Crippen LogP contribution in [0.4, 0.5) is 17.2 Å². The molecule has 25 heavy (non-hydrogen) atoms. The molecular formula is C16H18N6O3. The van der Waals surface area contributed by atoms with Crippen LogP contribution in [0, 0.1) is 10.1 Å². The highest BCUT2D eigenvalue weighted by molar-refractivity contribution is 6.03. The number of nitrogens with zero attached hydrogens (tertiary/aromatic N) is 5. The van der Waals surface area contributed by atoms with Gasteiger partial charge in [-0.2, -0.15) is 0 Å². The van der Waals surface area contributed by atoms with Gasteiger partial charge < -0.3 is 15.1 Å². The van der Waals surface area contributed by atoms with Gasteiger partial charge in [-0.25, -0.2) is 9.97 Å². The van der Waals surface area contributed by atoms with Crippen molar-refractivity contribution in [3.63, 3.8) is 0 Å². The Kier molecular flexibility index (Phi) is 4.85. The third-order valence-electron chi connectivity index (χ3n) is 4.05. The van der Waals surface area contributed by atoms with Crippen LogP contribution in [-0.4, -0.2) is 58.9 Å². The molecule has 1 aromatic heterocycles. The first-order valence-corrected chi connectivity index (χ1v) is 7.84. The number of rotatable bonds is 4. The highest BCUT2D eigenvalue weighted by atomic mass is 16.6. The van der Waals surface area contributed by atoms with Crippen LogP contribution >= 0.6 is 0 Å². The fourth-order valence-corrected chi connectivity index (χ4v) is 2.54. The highest BCUT2D eigenvalue weighted by Crippen LogP contribution is 2.17. The zero-order chi connectivity index (χ0) is 17.8. The molecule has 1 aliphatic heterocycles. The first-order chi connectivity index (χ1) is 12.0. The molecule has 2 heterocycles. The second-order valence-corrected chi connectivity index (χ2v) is 5.81. The summed E-state index contributed by atoms with van der Waals surface area (Å²) in [6.07, 6.45) is 1.37. The molecule has 1 fully saturated rings. The van der Waals surface area contributed by atoms with Crippen molar-refractivity contribution >= 4 is 23.1 Å². The summed E-state index contributed by atoms with van der Waals surface area (Å²) in [5, 5.41) is 13.3. The first kappa shape index (κ1) is 16.8. The molecule has 1 N–H and O–H groups in total. The molecule has 1 saturated heterocycles. The molecule has 3 rings (SSSR count). The molecule has 9 heteroatoms. The lowest BCUT2D eigenvalue weighted by Gasteiger charge is -2.33. The van der Waals surface area contributed by atoms with Crippen molar-refractivity contribution in [2.45, 2.75) is 0 Å². The average Bonchev–Trinajstić information content (AvgIpc) is 2.63. The zero-order valence-corrected chi connectivity index (χ0v) is 13.8. The highest BCUT2D eigenvalue weighted by Gasteiger charge is 2.17. The Balaban J connectivity index is 1.69. The number of hydrogen-bond acceptors (Lipinski definition) is 7. The Labute approximate surface area is 144 Å². The summed E-state index contributed by atoms with van der Waals surface area (Å²) in [6, 6.07) is 7.31. The van der Waals surface area contributed by atoms with E-state index < -0.39 is 4.92 Å². The number of carbonyl (C=O) groups is 1. The minimum atomic E-state index is -0.488. The van der Waals surface area contributed by atoms with Gasteiger partial charge in [-0.1, -0.05) is 0 Å². The van der Waals surface area contributed by atoms with E-state index in [9.17, 15) is 14.9 Å². The normalized spacial score (nSPS) is 15.0. The standard InChI is InChI=1S/C16H18N6O3/c1-20-6-8-21(9-7-20)15-10-14(17-11-18-15)16(23)19-12-2-4-13(5-3-12)22(24)25/h2-5,10-11H,6-9H2,1H3,(H,19,23). The second-order valence-electron chi connectivity index (χ2n) is 5.81. The van der Waals surface area contributed by atoms with E-state index in [0.29, 0.717) is 5.69 Å². The van der Waals surface area contributed by atoms with Crippen molar-refractivity contribution in [2.24, 2.45) is 0 Å². The molecule has 130 valence electrons. The van der Waals surface area contributed by atoms with Crippen molar-refractivity contribution in [1.29, 1.82) is 0 Å². The number of carbonyl (C=O) groups excluding carboxylic acids is 1. The van der Waals surface area contributed by atoms with Gasteiger partial charge >= 0.3 is 0 Å². The fourth-order valence-electron chi connectivity index (χ4n) is 2.54. The van der Waals surface area contributed by atoms with Gasteiger partial charge in [0.25, 0.3) is 11.6 Å². The monoisotopic (exact) mass is 342 g/mol. The van der Waals surface area contributed by atoms with E-state index in [0.717, 1.165) is 32.0 Å². The Morgan fingerprint density at radius 1 is 1.16 bits per heavy atom. The smallest absolute Gasteiger partial charge is 0.274 e. The summed E-state index contributed by atoms with van der Waals surface area (Å²) in [4.78, 5) is 35.2. The van der Waals surface area contributed by atoms with E-state index in [-0.39, 0.29) is 17.3 Å². The largest absolute Gasteiger partial charge is 0.354 e. The Morgan fingerprint density at radius 2 is 1.84 bits per heavy atom. The molecule has 0 atom stereocenters. The topological polar surface area (TPSA) is 104 Å². The maximum Gasteiger partial charge on any atom is 0.274 e. The van der Waals surface area contributed by atoms with Crippen molar-refractivity contribution in [2.75, 3.05) is 43.4 Å². The van der Waals surface area contributed by atoms with Crippen molar-refractivity contribution in [1.82, 2.24) is 14.9 Å². The number of aromatic nitrogens is 2. The summed E-state index contributed by atoms with van der Waals surface area (Å²) >= 11 is 0. The second kappa shape index (κ2) is 7.22. The summed E-state index contributed by atoms with van der Waals surface area (Å²) in [7, 11) is 2.07. The molecule has 0 aliphatic carbocycles. The number of non-ortho nitro benzene ring substituents is 1. The molecule has 0 bridgehead atoms. The van der Waals surface area contributed by atoms with Gasteiger partial charge in [-0.15, -0.1) is 0 Å². The van der Waals surface area contributed by atoms with Crippen LogP contribution in [0.2, 0.25) is 0 Å². The summed E-state index contributed by atoms with van der Waals surface area (Å²) in [5.41, 5.74) is 0.690. The third kappa shape index (κ3) is 4.07. The van der Waals surface area contributed by atoms with Gasteiger partial charge in [0.2, 0.25) is 0 Å². The number of anilines is 2. The van der Waals surface area contributed by atoms with E-state index in [1.54, 1.807) is 6.07 Å². The number of nitro groups is 1. The average molecular weight is 342 g/mol. The third-order valence-corrected chi connectivity index (χ3v) is 4.05. The van der Waals surface area contributed by atoms with E-state index in [4.69, 9.17) is 0 Å². The molecule has 0 saturated carbocycles. The summed E-state index contributed by atoms with van der Waals surface area (Å²) < 4.78 is 0. The fraction of sp³-hybridized carbons (Fsp3) is 0.312. The van der Waals surface area contributed by atoms with E-state index in [2.05, 4.69) is 32.1 Å². The maximum atomic E-state index is 12.4. The number of hydrogen-bond donors (Lipinski definition) is 1. The maximum absolute atomic E-state index is 12.4. The lowest BCUT2D eigenvalue weighted by atomic mass is 10.2. The molecule has 2 aromatic rings. The van der Waals surface area contributed by atoms with Crippen molar-refractivity contribution in [3.8, 4) is 0 Å². The zero-order valence-electron chi connectivity index (χ0n) is 13.8. The Hall–Kier alpha value is -3.07. The van der Waals surface area contributed by atoms with Gasteiger partial charge in [0.05, 0.1) is 4.92 Å². The molecule has 1 aromatic carbocycles. The lowest BCUT2D eigenvalue weighted by Crippen LogP contribution is -2.44. The quantitative estimate of drug-likeness (QED) is 0.661. The van der Waals surface area contributed by atoms with Crippen molar-refractivity contribution in [3.05, 3.63) is 52.5 Å². The van der Waals surface area contributed by atoms with E-state index >= 15 is 0 Å². The van der Waals surface area contributed by atoms with Crippen LogP contribution in [0.1, 0.15) is 10.5 Å². The number of nitro benzene ring substituents is 1. The lowest BCUT2D eigenvalue weighted by molar-refractivity contribution is -0.384. The van der Waals surface area contributed by atoms with E-state index in [1.165, 1.54) is 30.6 Å². The van der Waals surface area contributed by atoms with Crippen molar-refractivity contribution < 1.29 is 9.72 Å². The molecule has 0 spiro atoms. The van der Waals surface area contributed by atoms with Crippen LogP contribution in [0.25, 0.3) is 0 Å². The molecule has 0 radical (unpaired) electrons. The Bertz CT molecular complexity index is 772. The van der Waals surface area contributed by atoms with Crippen LogP contribution in [0.15, 0.2) is 36.7 Å². The summed E-state index contributed by atoms with van der Waals surface area (Å²) in [6.45, 7) is 3.57. The van der Waals surface area contributed by atoms with Gasteiger partial charge in [0, 0.05) is 50.1 Å². The minimum Gasteiger partial charge on any atom is -0.354 e. The van der Waals surface area contributed by atoms with E-state index in [1.807, 2.05) is 0 Å². The number of amides is 1. The number of nitrogens with one attached hydrogen (secondary N) is 1. The van der Waals surface area contributed by atoms with Gasteiger partial charge in [0.1, 0.15) is 17.8 Å². The van der Waals surface area contributed by atoms with Crippen LogP contribution < -0.4 is 10.2 Å². The van der Waals surface area contributed by atoms with Crippen LogP contribution in [-0.2, 0) is 0 Å². The molecule has 9 nitrogen and oxygen atoms in total. The van der Waals surface area contributed by atoms with Crippen LogP contribution in [0.5, 0.6) is 0 Å². The summed E-state index contributed by atoms with van der Waals surface area (Å²) in [5.74, 6) is 0.337.